The molecule has 0 saturated carbocycles. The summed E-state index contributed by atoms with van der Waals surface area (Å²) in [6.45, 7) is 10.5. The van der Waals surface area contributed by atoms with Crippen LogP contribution in [0.25, 0.3) is 0 Å². The first-order valence-electron chi connectivity index (χ1n) is 7.05. The third kappa shape index (κ3) is 5.30. The van der Waals surface area contributed by atoms with Crippen LogP contribution in [0.4, 0.5) is 11.6 Å². The molecule has 0 amide bonds. The average molecular weight is 281 g/mol. The quantitative estimate of drug-likeness (QED) is 0.451. The van der Waals surface area contributed by atoms with E-state index >= 15 is 0 Å². The number of aliphatic hydroxyl groups is 1. The first-order chi connectivity index (χ1) is 9.23. The molecule has 6 nitrogen and oxygen atoms in total. The van der Waals surface area contributed by atoms with Crippen LogP contribution in [0.1, 0.15) is 52.8 Å². The van der Waals surface area contributed by atoms with Gasteiger partial charge in [-0.05, 0) is 19.3 Å². The van der Waals surface area contributed by atoms with Gasteiger partial charge in [-0.25, -0.2) is 15.8 Å². The number of hydrazine groups is 1. The Morgan fingerprint density at radius 3 is 2.35 bits per heavy atom. The molecule has 1 atom stereocenters. The molecule has 0 spiro atoms. The largest absolute Gasteiger partial charge is 0.388 e. The van der Waals surface area contributed by atoms with Crippen molar-refractivity contribution in [1.29, 1.82) is 0 Å². The second-order valence-corrected chi connectivity index (χ2v) is 6.24. The lowest BCUT2D eigenvalue weighted by Crippen LogP contribution is -2.35. The Morgan fingerprint density at radius 1 is 1.25 bits per heavy atom. The average Bonchev–Trinajstić information content (AvgIpc) is 2.34. The van der Waals surface area contributed by atoms with Gasteiger partial charge in [-0.15, -0.1) is 0 Å². The summed E-state index contributed by atoms with van der Waals surface area (Å²) in [6, 6.07) is 1.73. The van der Waals surface area contributed by atoms with Gasteiger partial charge in [-0.1, -0.05) is 27.7 Å². The minimum absolute atomic E-state index is 0.208. The van der Waals surface area contributed by atoms with Gasteiger partial charge in [0.2, 0.25) is 0 Å². The predicted molar refractivity (Wildman–Crippen MR) is 82.5 cm³/mol. The summed E-state index contributed by atoms with van der Waals surface area (Å²) in [7, 11) is 0. The first-order valence-corrected chi connectivity index (χ1v) is 7.05. The molecule has 6 heteroatoms. The van der Waals surface area contributed by atoms with Gasteiger partial charge >= 0.3 is 0 Å². The molecule has 0 fully saturated rings. The van der Waals surface area contributed by atoms with Gasteiger partial charge in [-0.3, -0.25) is 0 Å². The Morgan fingerprint density at radius 2 is 1.85 bits per heavy atom. The Kier molecular flexibility index (Phi) is 5.71. The molecule has 1 unspecified atom stereocenters. The van der Waals surface area contributed by atoms with Gasteiger partial charge in [0.15, 0.2) is 0 Å². The van der Waals surface area contributed by atoms with E-state index in [-0.39, 0.29) is 5.92 Å². The predicted octanol–water partition coefficient (Wildman–Crippen LogP) is 2.09. The van der Waals surface area contributed by atoms with Crippen molar-refractivity contribution in [2.45, 2.75) is 52.6 Å². The molecular formula is C14H27N5O. The van der Waals surface area contributed by atoms with Crippen LogP contribution >= 0.6 is 0 Å². The highest BCUT2D eigenvalue weighted by molar-refractivity contribution is 5.47. The van der Waals surface area contributed by atoms with E-state index in [1.807, 2.05) is 20.8 Å². The highest BCUT2D eigenvalue weighted by Crippen LogP contribution is 2.19. The summed E-state index contributed by atoms with van der Waals surface area (Å²) >= 11 is 0. The van der Waals surface area contributed by atoms with Crippen molar-refractivity contribution < 1.29 is 5.11 Å². The zero-order valence-corrected chi connectivity index (χ0v) is 13.1. The number of hydrogen-bond acceptors (Lipinski definition) is 6. The molecule has 0 aliphatic rings. The highest BCUT2D eigenvalue weighted by atomic mass is 16.3. The number of nitrogen functional groups attached to an aromatic ring is 1. The zero-order chi connectivity index (χ0) is 15.3. The van der Waals surface area contributed by atoms with Crippen LogP contribution in [0.3, 0.4) is 0 Å². The maximum absolute atomic E-state index is 10.3. The molecule has 5 N–H and O–H groups in total. The van der Waals surface area contributed by atoms with Gasteiger partial charge in [0.25, 0.3) is 0 Å². The van der Waals surface area contributed by atoms with Gasteiger partial charge in [0, 0.05) is 18.5 Å². The van der Waals surface area contributed by atoms with Crippen LogP contribution in [0.2, 0.25) is 0 Å². The van der Waals surface area contributed by atoms with Crippen LogP contribution in [0.15, 0.2) is 6.07 Å². The third-order valence-electron chi connectivity index (χ3n) is 2.91. The van der Waals surface area contributed by atoms with E-state index in [0.29, 0.717) is 29.9 Å². The van der Waals surface area contributed by atoms with E-state index in [1.54, 1.807) is 6.07 Å². The molecule has 0 radical (unpaired) electrons. The summed E-state index contributed by atoms with van der Waals surface area (Å²) in [6.07, 6.45) is 0.726. The fraction of sp³-hybridized carbons (Fsp3) is 0.714. The molecule has 114 valence electrons. The molecule has 1 aromatic heterocycles. The zero-order valence-electron chi connectivity index (χ0n) is 13.1. The Bertz CT molecular complexity index is 432. The molecule has 1 heterocycles. The van der Waals surface area contributed by atoms with E-state index in [0.717, 1.165) is 6.42 Å². The van der Waals surface area contributed by atoms with E-state index in [4.69, 9.17) is 5.84 Å². The smallest absolute Gasteiger partial charge is 0.145 e. The standard InChI is InChI=1S/C14H27N5O/c1-9(2)7-14(5,20)8-16-11-6-12(19-15)18-13(17-11)10(3)4/h6,9-10,20H,7-8,15H2,1-5H3,(H2,16,17,18,19). The van der Waals surface area contributed by atoms with Crippen LogP contribution in [0.5, 0.6) is 0 Å². The molecule has 0 aliphatic carbocycles. The van der Waals surface area contributed by atoms with Crippen molar-refractivity contribution in [3.63, 3.8) is 0 Å². The topological polar surface area (TPSA) is 96.1 Å². The monoisotopic (exact) mass is 281 g/mol. The number of anilines is 2. The normalized spacial score (nSPS) is 14.4. The lowest BCUT2D eigenvalue weighted by atomic mass is 9.94. The van der Waals surface area contributed by atoms with E-state index < -0.39 is 5.60 Å². The number of rotatable bonds is 7. The van der Waals surface area contributed by atoms with Crippen molar-refractivity contribution in [3.05, 3.63) is 11.9 Å². The number of aromatic nitrogens is 2. The fourth-order valence-electron chi connectivity index (χ4n) is 2.12. The molecule has 0 aromatic carbocycles. The number of nitrogens with two attached hydrogens (primary N) is 1. The SMILES string of the molecule is CC(C)CC(C)(O)CNc1cc(NN)nc(C(C)C)n1. The van der Waals surface area contributed by atoms with Crippen LogP contribution in [-0.2, 0) is 0 Å². The van der Waals surface area contributed by atoms with Gasteiger partial charge in [0.05, 0.1) is 5.60 Å². The Labute approximate surface area is 121 Å². The lowest BCUT2D eigenvalue weighted by Gasteiger charge is -2.26. The molecule has 1 rings (SSSR count). The molecule has 20 heavy (non-hydrogen) atoms. The molecule has 0 bridgehead atoms. The summed E-state index contributed by atoms with van der Waals surface area (Å²) in [5.41, 5.74) is 1.77. The van der Waals surface area contributed by atoms with Crippen LogP contribution in [0, 0.1) is 5.92 Å². The number of nitrogens with zero attached hydrogens (tertiary/aromatic N) is 2. The molecule has 0 aliphatic heterocycles. The second-order valence-electron chi connectivity index (χ2n) is 6.24. The Hall–Kier alpha value is -1.40. The third-order valence-corrected chi connectivity index (χ3v) is 2.91. The summed E-state index contributed by atoms with van der Waals surface area (Å²) in [5, 5.41) is 13.5. The molecular weight excluding hydrogens is 254 g/mol. The van der Waals surface area contributed by atoms with E-state index in [1.165, 1.54) is 0 Å². The minimum Gasteiger partial charge on any atom is -0.388 e. The summed E-state index contributed by atoms with van der Waals surface area (Å²) in [4.78, 5) is 8.73. The summed E-state index contributed by atoms with van der Waals surface area (Å²) in [5.74, 6) is 8.01. The maximum atomic E-state index is 10.3. The van der Waals surface area contributed by atoms with E-state index in [2.05, 4.69) is 34.6 Å². The first kappa shape index (κ1) is 16.7. The summed E-state index contributed by atoms with van der Waals surface area (Å²) < 4.78 is 0. The van der Waals surface area contributed by atoms with Crippen LogP contribution < -0.4 is 16.6 Å². The lowest BCUT2D eigenvalue weighted by molar-refractivity contribution is 0.0514. The van der Waals surface area contributed by atoms with Crippen LogP contribution in [-0.4, -0.2) is 27.2 Å². The van der Waals surface area contributed by atoms with Crippen molar-refractivity contribution in [3.8, 4) is 0 Å². The van der Waals surface area contributed by atoms with Crippen molar-refractivity contribution in [1.82, 2.24) is 9.97 Å². The fourth-order valence-corrected chi connectivity index (χ4v) is 2.12. The number of nitrogens with one attached hydrogen (secondary N) is 2. The van der Waals surface area contributed by atoms with Gasteiger partial charge < -0.3 is 15.8 Å². The Balaban J connectivity index is 2.79. The molecule has 1 aromatic rings. The van der Waals surface area contributed by atoms with Crippen molar-refractivity contribution in [2.24, 2.45) is 11.8 Å². The van der Waals surface area contributed by atoms with Gasteiger partial charge in [0.1, 0.15) is 17.5 Å². The molecule has 0 saturated heterocycles. The number of hydrogen-bond donors (Lipinski definition) is 4. The van der Waals surface area contributed by atoms with Crippen molar-refractivity contribution in [2.75, 3.05) is 17.3 Å². The maximum Gasteiger partial charge on any atom is 0.145 e. The van der Waals surface area contributed by atoms with Crippen molar-refractivity contribution >= 4 is 11.6 Å². The van der Waals surface area contributed by atoms with Gasteiger partial charge in [-0.2, -0.15) is 0 Å². The minimum atomic E-state index is -0.770. The second kappa shape index (κ2) is 6.85. The van der Waals surface area contributed by atoms with E-state index in [9.17, 15) is 5.11 Å². The highest BCUT2D eigenvalue weighted by Gasteiger charge is 2.22.